The van der Waals surface area contributed by atoms with E-state index in [1.165, 1.54) is 0 Å². The predicted molar refractivity (Wildman–Crippen MR) is 112 cm³/mol. The number of nitro groups is 1. The topological polar surface area (TPSA) is 98.5 Å². The lowest BCUT2D eigenvalue weighted by molar-refractivity contribution is -0.533. The van der Waals surface area contributed by atoms with Crippen molar-refractivity contribution in [2.45, 2.75) is 61.9 Å². The zero-order valence-corrected chi connectivity index (χ0v) is 17.9. The molecule has 3 rings (SSSR count). The number of alkyl halides is 1. The fourth-order valence-corrected chi connectivity index (χ4v) is 4.80. The molecule has 8 heteroatoms. The van der Waals surface area contributed by atoms with Gasteiger partial charge in [-0.05, 0) is 44.2 Å². The smallest absolute Gasteiger partial charge is 0.230 e. The number of para-hydroxylation sites is 1. The number of hydrogen-bond acceptors (Lipinski definition) is 5. The summed E-state index contributed by atoms with van der Waals surface area (Å²) < 4.78 is 5.92. The van der Waals surface area contributed by atoms with Crippen LogP contribution in [0.5, 0.6) is 5.75 Å². The zero-order chi connectivity index (χ0) is 20.8. The first-order valence-electron chi connectivity index (χ1n) is 10.2. The Balaban J connectivity index is 1.56. The number of hydrogen-bond donors (Lipinski definition) is 1. The number of rotatable bonds is 7. The fourth-order valence-electron chi connectivity index (χ4n) is 4.27. The van der Waals surface area contributed by atoms with Crippen LogP contribution >= 0.6 is 15.9 Å². The van der Waals surface area contributed by atoms with Crippen molar-refractivity contribution in [1.29, 1.82) is 0 Å². The van der Waals surface area contributed by atoms with Crippen molar-refractivity contribution in [3.63, 3.8) is 0 Å². The van der Waals surface area contributed by atoms with Gasteiger partial charge >= 0.3 is 0 Å². The van der Waals surface area contributed by atoms with Crippen LogP contribution in [0.3, 0.4) is 0 Å². The molecule has 0 radical (unpaired) electrons. The molecule has 1 aromatic carbocycles. The number of nitrogens with one attached hydrogen (secondary N) is 1. The summed E-state index contributed by atoms with van der Waals surface area (Å²) in [6.07, 6.45) is 4.37. The van der Waals surface area contributed by atoms with Crippen LogP contribution in [0.4, 0.5) is 0 Å². The molecule has 2 saturated carbocycles. The molecule has 1 N–H and O–H groups in total. The summed E-state index contributed by atoms with van der Waals surface area (Å²) in [6.45, 7) is -0.0540. The molecule has 1 amide bonds. The molecular weight excluding hydrogens is 440 g/mol. The maximum Gasteiger partial charge on any atom is 0.230 e. The van der Waals surface area contributed by atoms with Crippen molar-refractivity contribution < 1.29 is 19.2 Å². The van der Waals surface area contributed by atoms with Crippen LogP contribution in [0, 0.1) is 22.0 Å². The van der Waals surface area contributed by atoms with Crippen LogP contribution in [0.15, 0.2) is 30.3 Å². The first kappa shape index (κ1) is 21.7. The quantitative estimate of drug-likeness (QED) is 0.376. The van der Waals surface area contributed by atoms with Crippen LogP contribution < -0.4 is 10.1 Å². The molecule has 1 aromatic rings. The SMILES string of the molecule is O=C(CNC(=O)C1CC(Oc2ccccc2)CCC1[N+](=O)[O-])C1CCC(Br)CC1. The molecule has 29 heavy (non-hydrogen) atoms. The van der Waals surface area contributed by atoms with Crippen molar-refractivity contribution in [3.05, 3.63) is 40.4 Å². The molecule has 158 valence electrons. The largest absolute Gasteiger partial charge is 0.490 e. The van der Waals surface area contributed by atoms with E-state index in [-0.39, 0.29) is 42.1 Å². The maximum absolute atomic E-state index is 12.7. The molecule has 0 spiro atoms. The van der Waals surface area contributed by atoms with Gasteiger partial charge < -0.3 is 10.1 Å². The minimum atomic E-state index is -0.940. The van der Waals surface area contributed by atoms with Gasteiger partial charge in [0.2, 0.25) is 11.9 Å². The van der Waals surface area contributed by atoms with Crippen molar-refractivity contribution >= 4 is 27.6 Å². The van der Waals surface area contributed by atoms with Gasteiger partial charge in [-0.25, -0.2) is 0 Å². The molecule has 2 fully saturated rings. The van der Waals surface area contributed by atoms with Gasteiger partial charge in [-0.15, -0.1) is 0 Å². The Kier molecular flexibility index (Phi) is 7.64. The van der Waals surface area contributed by atoms with Crippen molar-refractivity contribution in [1.82, 2.24) is 5.32 Å². The van der Waals surface area contributed by atoms with Crippen molar-refractivity contribution in [2.75, 3.05) is 6.54 Å². The number of ether oxygens (including phenoxy) is 1. The number of carbonyl (C=O) groups is 2. The number of nitrogens with zero attached hydrogens (tertiary/aromatic N) is 1. The van der Waals surface area contributed by atoms with E-state index < -0.39 is 17.9 Å². The lowest BCUT2D eigenvalue weighted by Gasteiger charge is -2.31. The summed E-state index contributed by atoms with van der Waals surface area (Å²) in [5.74, 6) is -0.540. The maximum atomic E-state index is 12.7. The second kappa shape index (κ2) is 10.2. The highest BCUT2D eigenvalue weighted by Gasteiger charge is 2.43. The van der Waals surface area contributed by atoms with E-state index in [0.29, 0.717) is 17.0 Å². The fraction of sp³-hybridized carbons (Fsp3) is 0.619. The molecule has 2 aliphatic rings. The molecule has 0 aliphatic heterocycles. The minimum Gasteiger partial charge on any atom is -0.490 e. The molecule has 7 nitrogen and oxygen atoms in total. The zero-order valence-electron chi connectivity index (χ0n) is 16.3. The highest BCUT2D eigenvalue weighted by atomic mass is 79.9. The third-order valence-corrected chi connectivity index (χ3v) is 6.88. The number of Topliss-reactive ketones (excluding diaryl/α,β-unsaturated/α-hetero) is 1. The standard InChI is InChI=1S/C21H27BrN2O5/c22-15-8-6-14(7-9-15)20(25)13-23-21(26)18-12-17(10-11-19(18)24(27)28)29-16-4-2-1-3-5-16/h1-5,14-15,17-19H,6-13H2,(H,23,26). The second-order valence-electron chi connectivity index (χ2n) is 7.96. The molecule has 2 aliphatic carbocycles. The van der Waals surface area contributed by atoms with Crippen LogP contribution in [-0.4, -0.2) is 40.1 Å². The lowest BCUT2D eigenvalue weighted by Crippen LogP contribution is -2.48. The van der Waals surface area contributed by atoms with Crippen LogP contribution in [0.2, 0.25) is 0 Å². The summed E-state index contributed by atoms with van der Waals surface area (Å²) in [6, 6.07) is 8.32. The predicted octanol–water partition coefficient (Wildman–Crippen LogP) is 3.52. The Morgan fingerprint density at radius 1 is 1.10 bits per heavy atom. The number of halogens is 1. The van der Waals surface area contributed by atoms with Crippen LogP contribution in [0.1, 0.15) is 44.9 Å². The Labute approximate surface area is 178 Å². The molecule has 3 unspecified atom stereocenters. The van der Waals surface area contributed by atoms with E-state index in [4.69, 9.17) is 4.74 Å². The van der Waals surface area contributed by atoms with Crippen LogP contribution in [-0.2, 0) is 9.59 Å². The highest BCUT2D eigenvalue weighted by Crippen LogP contribution is 2.31. The molecular formula is C21H27BrN2O5. The van der Waals surface area contributed by atoms with E-state index >= 15 is 0 Å². The number of carbonyl (C=O) groups excluding carboxylic acids is 2. The Morgan fingerprint density at radius 2 is 1.79 bits per heavy atom. The minimum absolute atomic E-state index is 0.0169. The van der Waals surface area contributed by atoms with E-state index in [2.05, 4.69) is 21.2 Å². The Hall–Kier alpha value is -1.96. The average Bonchev–Trinajstić information content (AvgIpc) is 2.72. The lowest BCUT2D eigenvalue weighted by atomic mass is 9.82. The van der Waals surface area contributed by atoms with Gasteiger partial charge in [0.15, 0.2) is 5.78 Å². The van der Waals surface area contributed by atoms with E-state index in [0.717, 1.165) is 25.7 Å². The molecule has 0 heterocycles. The van der Waals surface area contributed by atoms with Gasteiger partial charge in [0, 0.05) is 28.5 Å². The summed E-state index contributed by atoms with van der Waals surface area (Å²) in [4.78, 5) is 36.7. The van der Waals surface area contributed by atoms with Gasteiger partial charge in [0.1, 0.15) is 11.7 Å². The Morgan fingerprint density at radius 3 is 2.45 bits per heavy atom. The summed E-state index contributed by atoms with van der Waals surface area (Å²) in [5, 5.41) is 14.1. The Bertz CT molecular complexity index is 721. The highest BCUT2D eigenvalue weighted by molar-refractivity contribution is 9.09. The van der Waals surface area contributed by atoms with Gasteiger partial charge in [0.25, 0.3) is 0 Å². The van der Waals surface area contributed by atoms with Gasteiger partial charge in [-0.1, -0.05) is 34.1 Å². The molecule has 0 bridgehead atoms. The first-order valence-corrected chi connectivity index (χ1v) is 11.1. The van der Waals surface area contributed by atoms with E-state index in [9.17, 15) is 19.7 Å². The van der Waals surface area contributed by atoms with E-state index in [1.54, 1.807) is 0 Å². The summed E-state index contributed by atoms with van der Waals surface area (Å²) in [7, 11) is 0. The van der Waals surface area contributed by atoms with Crippen molar-refractivity contribution in [3.8, 4) is 5.75 Å². The van der Waals surface area contributed by atoms with E-state index in [1.807, 2.05) is 30.3 Å². The molecule has 3 atom stereocenters. The average molecular weight is 467 g/mol. The normalized spacial score (nSPS) is 29.6. The number of amides is 1. The van der Waals surface area contributed by atoms with Gasteiger partial charge in [-0.3, -0.25) is 19.7 Å². The monoisotopic (exact) mass is 466 g/mol. The molecule has 0 saturated heterocycles. The van der Waals surface area contributed by atoms with Crippen molar-refractivity contribution in [2.24, 2.45) is 11.8 Å². The summed E-state index contributed by atoms with van der Waals surface area (Å²) in [5.41, 5.74) is 0. The van der Waals surface area contributed by atoms with Crippen LogP contribution in [0.25, 0.3) is 0 Å². The number of benzene rings is 1. The summed E-state index contributed by atoms with van der Waals surface area (Å²) >= 11 is 3.57. The first-order chi connectivity index (χ1) is 13.9. The third-order valence-electron chi connectivity index (χ3n) is 5.97. The molecule has 0 aromatic heterocycles. The van der Waals surface area contributed by atoms with Gasteiger partial charge in [-0.2, -0.15) is 0 Å². The second-order valence-corrected chi connectivity index (χ2v) is 9.25. The van der Waals surface area contributed by atoms with Gasteiger partial charge in [0.05, 0.1) is 12.6 Å². The third kappa shape index (κ3) is 6.01. The number of ketones is 1.